The monoisotopic (exact) mass is 581 g/mol. The van der Waals surface area contributed by atoms with Gasteiger partial charge in [-0.25, -0.2) is 13.4 Å². The molecule has 3 fully saturated rings. The molecule has 0 radical (unpaired) electrons. The van der Waals surface area contributed by atoms with Crippen molar-refractivity contribution in [2.75, 3.05) is 13.1 Å². The van der Waals surface area contributed by atoms with Gasteiger partial charge in [-0.05, 0) is 56.1 Å². The van der Waals surface area contributed by atoms with Gasteiger partial charge in [0.05, 0.1) is 22.7 Å². The summed E-state index contributed by atoms with van der Waals surface area (Å²) in [5.74, 6) is -0.501. The number of nitrogens with zero attached hydrogens (tertiary/aromatic N) is 6. The number of piperidine rings is 1. The number of sulfonamides is 1. The van der Waals surface area contributed by atoms with E-state index in [4.69, 9.17) is 0 Å². The van der Waals surface area contributed by atoms with E-state index in [2.05, 4.69) is 19.9 Å². The highest BCUT2D eigenvalue weighted by Gasteiger charge is 2.50. The molecule has 0 bridgehead atoms. The molecule has 2 N–H and O–H groups in total. The Bertz CT molecular complexity index is 1630. The molecule has 206 valence electrons. The van der Waals surface area contributed by atoms with E-state index in [-0.39, 0.29) is 27.6 Å². The zero-order valence-electron chi connectivity index (χ0n) is 20.3. The Hall–Kier alpha value is -3.13. The SMILES string of the molecule is N#CC1(NS(=O)(=O)c2cc(C3CCN(C(=O)C4(O)CC4)CC3)c3cnc(-c4nnc(C(F)(F)F)s4)n3c2)CC1. The number of likely N-dealkylation sites (tertiary alicyclic amines) is 1. The van der Waals surface area contributed by atoms with Crippen LogP contribution in [0.3, 0.4) is 0 Å². The lowest BCUT2D eigenvalue weighted by Crippen LogP contribution is -2.44. The van der Waals surface area contributed by atoms with Crippen molar-refractivity contribution in [3.05, 3.63) is 29.0 Å². The molecule has 3 aromatic heterocycles. The molecule has 39 heavy (non-hydrogen) atoms. The first-order chi connectivity index (χ1) is 18.3. The number of imidazole rings is 1. The number of amides is 1. The number of hydrogen-bond donors (Lipinski definition) is 2. The second kappa shape index (κ2) is 8.68. The summed E-state index contributed by atoms with van der Waals surface area (Å²) >= 11 is 0.296. The maximum atomic E-state index is 13.3. The van der Waals surface area contributed by atoms with Crippen LogP contribution in [0.25, 0.3) is 16.3 Å². The fourth-order valence-corrected chi connectivity index (χ4v) is 6.97. The van der Waals surface area contributed by atoms with Gasteiger partial charge in [0.2, 0.25) is 15.0 Å². The first-order valence-corrected chi connectivity index (χ1v) is 14.5. The van der Waals surface area contributed by atoms with Crippen molar-refractivity contribution in [2.45, 2.75) is 66.7 Å². The molecule has 2 aliphatic carbocycles. The Morgan fingerprint density at radius 3 is 2.46 bits per heavy atom. The average Bonchev–Trinajstić information content (AvgIpc) is 3.71. The number of alkyl halides is 3. The number of aromatic nitrogens is 4. The van der Waals surface area contributed by atoms with Gasteiger partial charge in [0.1, 0.15) is 11.1 Å². The van der Waals surface area contributed by atoms with Gasteiger partial charge in [-0.15, -0.1) is 10.2 Å². The molecule has 0 unspecified atom stereocenters. The van der Waals surface area contributed by atoms with E-state index < -0.39 is 32.3 Å². The lowest BCUT2D eigenvalue weighted by Gasteiger charge is -2.34. The molecular formula is C23H22F3N7O4S2. The molecule has 4 heterocycles. The third kappa shape index (κ3) is 4.66. The van der Waals surface area contributed by atoms with Crippen molar-refractivity contribution in [1.29, 1.82) is 5.26 Å². The van der Waals surface area contributed by atoms with E-state index in [1.54, 1.807) is 4.90 Å². The number of fused-ring (bicyclic) bond motifs is 1. The predicted molar refractivity (Wildman–Crippen MR) is 130 cm³/mol. The summed E-state index contributed by atoms with van der Waals surface area (Å²) in [5.41, 5.74) is -1.38. The van der Waals surface area contributed by atoms with Crippen LogP contribution >= 0.6 is 11.3 Å². The quantitative estimate of drug-likeness (QED) is 0.450. The fraction of sp³-hybridized carbons (Fsp3) is 0.522. The van der Waals surface area contributed by atoms with Crippen LogP contribution in [0.1, 0.15) is 55.0 Å². The van der Waals surface area contributed by atoms with E-state index in [1.165, 1.54) is 22.9 Å². The molecule has 16 heteroatoms. The number of hydrogen-bond acceptors (Lipinski definition) is 9. The molecular weight excluding hydrogens is 559 g/mol. The van der Waals surface area contributed by atoms with Gasteiger partial charge in [0.25, 0.3) is 5.91 Å². The van der Waals surface area contributed by atoms with Crippen LogP contribution in [0.15, 0.2) is 23.4 Å². The second-order valence-corrected chi connectivity index (χ2v) is 12.9. The van der Waals surface area contributed by atoms with Gasteiger partial charge in [-0.1, -0.05) is 11.3 Å². The fourth-order valence-electron chi connectivity index (χ4n) is 4.86. The Labute approximate surface area is 224 Å². The highest BCUT2D eigenvalue weighted by Crippen LogP contribution is 2.41. The number of rotatable bonds is 6. The molecule has 1 saturated heterocycles. The van der Waals surface area contributed by atoms with Crippen molar-refractivity contribution in [3.63, 3.8) is 0 Å². The molecule has 0 atom stereocenters. The van der Waals surface area contributed by atoms with E-state index in [0.29, 0.717) is 74.0 Å². The van der Waals surface area contributed by atoms with Crippen molar-refractivity contribution >= 4 is 32.8 Å². The Morgan fingerprint density at radius 2 is 1.90 bits per heavy atom. The highest BCUT2D eigenvalue weighted by molar-refractivity contribution is 7.89. The third-order valence-electron chi connectivity index (χ3n) is 7.45. The van der Waals surface area contributed by atoms with Gasteiger partial charge in [-0.2, -0.15) is 23.2 Å². The summed E-state index contributed by atoms with van der Waals surface area (Å²) < 4.78 is 70.0. The van der Waals surface area contributed by atoms with E-state index in [1.807, 2.05) is 6.07 Å². The Kier molecular flexibility index (Phi) is 5.81. The van der Waals surface area contributed by atoms with E-state index in [0.717, 1.165) is 0 Å². The van der Waals surface area contributed by atoms with Crippen LogP contribution in [-0.4, -0.2) is 68.1 Å². The van der Waals surface area contributed by atoms with Crippen molar-refractivity contribution < 1.29 is 31.5 Å². The van der Waals surface area contributed by atoms with Gasteiger partial charge >= 0.3 is 6.18 Å². The number of aliphatic hydroxyl groups is 1. The first-order valence-electron chi connectivity index (χ1n) is 12.2. The molecule has 3 aromatic rings. The minimum absolute atomic E-state index is 0.00119. The first kappa shape index (κ1) is 26.1. The Morgan fingerprint density at radius 1 is 1.21 bits per heavy atom. The van der Waals surface area contributed by atoms with E-state index >= 15 is 0 Å². The number of pyridine rings is 1. The minimum atomic E-state index is -4.69. The van der Waals surface area contributed by atoms with Crippen LogP contribution in [0.4, 0.5) is 13.2 Å². The maximum absolute atomic E-state index is 13.3. The highest BCUT2D eigenvalue weighted by atomic mass is 32.2. The predicted octanol–water partition coefficient (Wildman–Crippen LogP) is 2.44. The van der Waals surface area contributed by atoms with Crippen molar-refractivity contribution in [2.24, 2.45) is 0 Å². The lowest BCUT2D eigenvalue weighted by molar-refractivity contribution is -0.143. The number of carbonyl (C=O) groups excluding carboxylic acids is 1. The van der Waals surface area contributed by atoms with Crippen LogP contribution in [0.5, 0.6) is 0 Å². The number of nitrogens with one attached hydrogen (secondary N) is 1. The Balaban J connectivity index is 1.40. The normalized spacial score (nSPS) is 20.6. The molecule has 2 saturated carbocycles. The smallest absolute Gasteiger partial charge is 0.380 e. The number of carbonyl (C=O) groups is 1. The maximum Gasteiger partial charge on any atom is 0.445 e. The minimum Gasteiger partial charge on any atom is -0.380 e. The lowest BCUT2D eigenvalue weighted by atomic mass is 9.89. The van der Waals surface area contributed by atoms with Gasteiger partial charge in [-0.3, -0.25) is 9.20 Å². The van der Waals surface area contributed by atoms with Crippen molar-refractivity contribution in [1.82, 2.24) is 29.2 Å². The molecule has 0 spiro atoms. The zero-order valence-corrected chi connectivity index (χ0v) is 21.9. The third-order valence-corrected chi connectivity index (χ3v) is 9.92. The summed E-state index contributed by atoms with van der Waals surface area (Å²) in [7, 11) is -4.18. The van der Waals surface area contributed by atoms with E-state index in [9.17, 15) is 36.8 Å². The topological polar surface area (TPSA) is 154 Å². The summed E-state index contributed by atoms with van der Waals surface area (Å²) in [6.07, 6.45) is 0.589. The average molecular weight is 582 g/mol. The van der Waals surface area contributed by atoms with Gasteiger partial charge < -0.3 is 10.0 Å². The molecule has 1 aliphatic heterocycles. The van der Waals surface area contributed by atoms with Crippen LogP contribution in [0.2, 0.25) is 0 Å². The largest absolute Gasteiger partial charge is 0.445 e. The molecule has 0 aromatic carbocycles. The molecule has 11 nitrogen and oxygen atoms in total. The molecule has 3 aliphatic rings. The van der Waals surface area contributed by atoms with Crippen LogP contribution in [-0.2, 0) is 21.0 Å². The molecule has 1 amide bonds. The summed E-state index contributed by atoms with van der Waals surface area (Å²) in [6.45, 7) is 0.716. The second-order valence-electron chi connectivity index (χ2n) is 10.3. The zero-order chi connectivity index (χ0) is 27.8. The standard InChI is InChI=1S/C23H22F3N7O4S2/c24-23(25,26)19-30-29-18(38-19)17-28-10-16-15(13-1-7-32(8-2-13)20(34)22(35)5-6-22)9-14(11-33(16)17)39(36,37)31-21(12-27)3-4-21/h9-11,13,31,35H,1-8H2. The van der Waals surface area contributed by atoms with Crippen LogP contribution < -0.4 is 4.72 Å². The number of halogens is 3. The molecule has 6 rings (SSSR count). The summed E-state index contributed by atoms with van der Waals surface area (Å²) in [5, 5.41) is 25.2. The summed E-state index contributed by atoms with van der Waals surface area (Å²) in [4.78, 5) is 18.3. The van der Waals surface area contributed by atoms with Gasteiger partial charge in [0.15, 0.2) is 10.8 Å². The van der Waals surface area contributed by atoms with Gasteiger partial charge in [0, 0.05) is 19.3 Å². The van der Waals surface area contributed by atoms with Crippen molar-refractivity contribution in [3.8, 4) is 16.9 Å². The summed E-state index contributed by atoms with van der Waals surface area (Å²) in [6, 6.07) is 3.48. The van der Waals surface area contributed by atoms with Crippen LogP contribution in [0, 0.1) is 11.3 Å². The number of nitriles is 1.